The maximum atomic E-state index is 6.10. The van der Waals surface area contributed by atoms with E-state index < -0.39 is 0 Å². The number of guanidine groups is 1. The number of halogens is 3. The van der Waals surface area contributed by atoms with Gasteiger partial charge in [-0.3, -0.25) is 4.99 Å². The topological polar surface area (TPSA) is 36.4 Å². The van der Waals surface area contributed by atoms with Crippen LogP contribution in [0.15, 0.2) is 23.2 Å². The van der Waals surface area contributed by atoms with E-state index in [0.29, 0.717) is 10.0 Å². The summed E-state index contributed by atoms with van der Waals surface area (Å²) in [6, 6.07) is 5.56. The Morgan fingerprint density at radius 3 is 2.26 bits per heavy atom. The highest BCUT2D eigenvalue weighted by molar-refractivity contribution is 14.0. The Kier molecular flexibility index (Phi) is 10.5. The second-order valence-corrected chi connectivity index (χ2v) is 4.69. The highest BCUT2D eigenvalue weighted by atomic mass is 127. The third kappa shape index (κ3) is 6.68. The summed E-state index contributed by atoms with van der Waals surface area (Å²) >= 11 is 12.2. The molecule has 108 valence electrons. The van der Waals surface area contributed by atoms with E-state index in [9.17, 15) is 0 Å². The molecule has 0 saturated carbocycles. The molecule has 3 nitrogen and oxygen atoms in total. The Morgan fingerprint density at radius 1 is 1.16 bits per heavy atom. The number of nitrogens with zero attached hydrogens (tertiary/aromatic N) is 1. The first-order valence-electron chi connectivity index (χ1n) is 6.06. The number of rotatable bonds is 5. The van der Waals surface area contributed by atoms with Gasteiger partial charge in [-0.2, -0.15) is 0 Å². The van der Waals surface area contributed by atoms with E-state index in [1.165, 1.54) is 0 Å². The van der Waals surface area contributed by atoms with Gasteiger partial charge in [-0.05, 0) is 30.5 Å². The molecule has 1 aromatic carbocycles. The Hall–Kier alpha value is -0.200. The Labute approximate surface area is 142 Å². The summed E-state index contributed by atoms with van der Waals surface area (Å²) in [5, 5.41) is 7.85. The van der Waals surface area contributed by atoms with Gasteiger partial charge in [0.05, 0.1) is 0 Å². The predicted molar refractivity (Wildman–Crippen MR) is 95.2 cm³/mol. The molecule has 0 spiro atoms. The van der Waals surface area contributed by atoms with Crippen LogP contribution in [-0.2, 0) is 6.42 Å². The Morgan fingerprint density at radius 2 is 1.74 bits per heavy atom. The minimum Gasteiger partial charge on any atom is -0.356 e. The van der Waals surface area contributed by atoms with E-state index >= 15 is 0 Å². The first kappa shape index (κ1) is 18.8. The van der Waals surface area contributed by atoms with Gasteiger partial charge in [-0.15, -0.1) is 24.0 Å². The van der Waals surface area contributed by atoms with Crippen molar-refractivity contribution in [2.75, 3.05) is 20.1 Å². The third-order valence-electron chi connectivity index (χ3n) is 2.50. The van der Waals surface area contributed by atoms with E-state index in [-0.39, 0.29) is 24.0 Å². The van der Waals surface area contributed by atoms with Crippen molar-refractivity contribution in [3.8, 4) is 0 Å². The Bertz CT molecular complexity index is 391. The van der Waals surface area contributed by atoms with Crippen LogP contribution in [0.25, 0.3) is 0 Å². The molecule has 0 radical (unpaired) electrons. The molecule has 19 heavy (non-hydrogen) atoms. The smallest absolute Gasteiger partial charge is 0.190 e. The average Bonchev–Trinajstić information content (AvgIpc) is 2.36. The van der Waals surface area contributed by atoms with Gasteiger partial charge in [0.15, 0.2) is 5.96 Å². The summed E-state index contributed by atoms with van der Waals surface area (Å²) < 4.78 is 0. The predicted octanol–water partition coefficient (Wildman–Crippen LogP) is 3.73. The van der Waals surface area contributed by atoms with Gasteiger partial charge >= 0.3 is 0 Å². The van der Waals surface area contributed by atoms with Crippen molar-refractivity contribution in [3.05, 3.63) is 33.8 Å². The summed E-state index contributed by atoms with van der Waals surface area (Å²) in [5.74, 6) is 0.806. The minimum atomic E-state index is 0. The van der Waals surface area contributed by atoms with Gasteiger partial charge in [0.1, 0.15) is 0 Å². The van der Waals surface area contributed by atoms with Gasteiger partial charge < -0.3 is 10.6 Å². The molecule has 0 atom stereocenters. The third-order valence-corrected chi connectivity index (χ3v) is 3.20. The lowest BCUT2D eigenvalue weighted by Crippen LogP contribution is -2.38. The van der Waals surface area contributed by atoms with Crippen LogP contribution in [0.3, 0.4) is 0 Å². The molecule has 1 rings (SSSR count). The maximum absolute atomic E-state index is 6.10. The zero-order chi connectivity index (χ0) is 13.4. The molecule has 6 heteroatoms. The van der Waals surface area contributed by atoms with Crippen molar-refractivity contribution < 1.29 is 0 Å². The molecule has 0 aliphatic carbocycles. The summed E-state index contributed by atoms with van der Waals surface area (Å²) in [7, 11) is 1.76. The van der Waals surface area contributed by atoms with Crippen LogP contribution in [0.4, 0.5) is 0 Å². The highest BCUT2D eigenvalue weighted by Gasteiger charge is 2.05. The average molecular weight is 416 g/mol. The number of benzene rings is 1. The van der Waals surface area contributed by atoms with Crippen molar-refractivity contribution in [3.63, 3.8) is 0 Å². The van der Waals surface area contributed by atoms with Crippen LogP contribution in [0.2, 0.25) is 10.0 Å². The first-order valence-corrected chi connectivity index (χ1v) is 6.82. The molecule has 0 saturated heterocycles. The van der Waals surface area contributed by atoms with E-state index in [4.69, 9.17) is 23.2 Å². The van der Waals surface area contributed by atoms with Crippen molar-refractivity contribution in [2.45, 2.75) is 19.8 Å². The van der Waals surface area contributed by atoms with Gasteiger partial charge in [0, 0.05) is 30.2 Å². The quantitative estimate of drug-likeness (QED) is 0.436. The fraction of sp³-hybridized carbons (Fsp3) is 0.462. The lowest BCUT2D eigenvalue weighted by Gasteiger charge is -2.12. The van der Waals surface area contributed by atoms with Crippen LogP contribution in [0.1, 0.15) is 18.9 Å². The van der Waals surface area contributed by atoms with Gasteiger partial charge in [-0.25, -0.2) is 0 Å². The molecule has 1 aromatic rings. The monoisotopic (exact) mass is 415 g/mol. The fourth-order valence-corrected chi connectivity index (χ4v) is 2.13. The zero-order valence-corrected chi connectivity index (χ0v) is 15.0. The summed E-state index contributed by atoms with van der Waals surface area (Å²) in [6.07, 6.45) is 1.84. The van der Waals surface area contributed by atoms with E-state index in [2.05, 4.69) is 22.5 Å². The van der Waals surface area contributed by atoms with Crippen LogP contribution in [-0.4, -0.2) is 26.1 Å². The van der Waals surface area contributed by atoms with Crippen molar-refractivity contribution in [1.82, 2.24) is 10.6 Å². The van der Waals surface area contributed by atoms with Gasteiger partial charge in [0.2, 0.25) is 0 Å². The van der Waals surface area contributed by atoms with Gasteiger partial charge in [-0.1, -0.05) is 36.2 Å². The SMILES string of the molecule is CCCNC(=NC)NCCc1c(Cl)cccc1Cl.I. The molecule has 0 fully saturated rings. The fourth-order valence-electron chi connectivity index (χ4n) is 1.54. The lowest BCUT2D eigenvalue weighted by molar-refractivity contribution is 0.773. The lowest BCUT2D eigenvalue weighted by atomic mass is 10.1. The second-order valence-electron chi connectivity index (χ2n) is 3.88. The highest BCUT2D eigenvalue weighted by Crippen LogP contribution is 2.24. The van der Waals surface area contributed by atoms with Gasteiger partial charge in [0.25, 0.3) is 0 Å². The number of aliphatic imine (C=N–C) groups is 1. The zero-order valence-electron chi connectivity index (χ0n) is 11.2. The molecular formula is C13H20Cl2IN3. The van der Waals surface area contributed by atoms with Crippen molar-refractivity contribution >= 4 is 53.1 Å². The largest absolute Gasteiger partial charge is 0.356 e. The molecule has 2 N–H and O–H groups in total. The van der Waals surface area contributed by atoms with Crippen LogP contribution >= 0.6 is 47.2 Å². The molecule has 0 aliphatic heterocycles. The van der Waals surface area contributed by atoms with Crippen LogP contribution < -0.4 is 10.6 Å². The van der Waals surface area contributed by atoms with E-state index in [1.54, 1.807) is 7.05 Å². The summed E-state index contributed by atoms with van der Waals surface area (Å²) in [5.41, 5.74) is 0.972. The van der Waals surface area contributed by atoms with Crippen molar-refractivity contribution in [2.24, 2.45) is 4.99 Å². The minimum absolute atomic E-state index is 0. The molecule has 0 unspecified atom stereocenters. The second kappa shape index (κ2) is 10.6. The number of nitrogens with one attached hydrogen (secondary N) is 2. The van der Waals surface area contributed by atoms with E-state index in [0.717, 1.165) is 37.5 Å². The summed E-state index contributed by atoms with van der Waals surface area (Å²) in [6.45, 7) is 3.77. The molecule has 0 aromatic heterocycles. The molecule has 0 amide bonds. The van der Waals surface area contributed by atoms with Crippen LogP contribution in [0.5, 0.6) is 0 Å². The summed E-state index contributed by atoms with van der Waals surface area (Å²) in [4.78, 5) is 4.13. The van der Waals surface area contributed by atoms with Crippen molar-refractivity contribution in [1.29, 1.82) is 0 Å². The Balaban J connectivity index is 0.00000324. The number of hydrogen-bond donors (Lipinski definition) is 2. The first-order chi connectivity index (χ1) is 8.69. The standard InChI is InChI=1S/C13H19Cl2N3.HI/c1-3-8-17-13(16-2)18-9-7-10-11(14)5-4-6-12(10)15;/h4-6H,3,7-9H2,1-2H3,(H2,16,17,18);1H. The molecular weight excluding hydrogens is 396 g/mol. The number of hydrogen-bond acceptors (Lipinski definition) is 1. The van der Waals surface area contributed by atoms with Crippen LogP contribution in [0, 0.1) is 0 Å². The normalized spacial score (nSPS) is 10.8. The maximum Gasteiger partial charge on any atom is 0.190 e. The molecule has 0 heterocycles. The molecule has 0 aliphatic rings. The van der Waals surface area contributed by atoms with E-state index in [1.807, 2.05) is 18.2 Å². The molecule has 0 bridgehead atoms.